The Bertz CT molecular complexity index is 2380. The maximum absolute atomic E-state index is 14.0. The van der Waals surface area contributed by atoms with Crippen molar-refractivity contribution in [1.29, 1.82) is 0 Å². The van der Waals surface area contributed by atoms with E-state index < -0.39 is 134 Å². The lowest BCUT2D eigenvalue weighted by Gasteiger charge is -2.49. The molecule has 0 bridgehead atoms. The van der Waals surface area contributed by atoms with Crippen LogP contribution in [0.2, 0.25) is 0 Å². The van der Waals surface area contributed by atoms with Crippen LogP contribution >= 0.6 is 0 Å². The average Bonchev–Trinajstić information content (AvgIpc) is 3.35. The van der Waals surface area contributed by atoms with Gasteiger partial charge in [0.2, 0.25) is 0 Å². The van der Waals surface area contributed by atoms with Gasteiger partial charge < -0.3 is 73.7 Å². The van der Waals surface area contributed by atoms with Crippen LogP contribution in [0.15, 0.2) is 91.0 Å². The number of esters is 5. The van der Waals surface area contributed by atoms with Gasteiger partial charge in [0.25, 0.3) is 5.91 Å². The highest BCUT2D eigenvalue weighted by Crippen LogP contribution is 2.33. The average molecular weight is 1040 g/mol. The van der Waals surface area contributed by atoms with Crippen molar-refractivity contribution in [2.24, 2.45) is 0 Å². The summed E-state index contributed by atoms with van der Waals surface area (Å²) >= 11 is 0. The number of hydrogen-bond donors (Lipinski definition) is 5. The van der Waals surface area contributed by atoms with Gasteiger partial charge in [-0.25, -0.2) is 14.4 Å². The molecule has 1 saturated carbocycles. The molecule has 400 valence electrons. The number of amides is 4. The van der Waals surface area contributed by atoms with E-state index in [0.29, 0.717) is 16.7 Å². The van der Waals surface area contributed by atoms with Crippen molar-refractivity contribution >= 4 is 54.0 Å². The summed E-state index contributed by atoms with van der Waals surface area (Å²) in [4.78, 5) is 116. The van der Waals surface area contributed by atoms with E-state index >= 15 is 0 Å². The van der Waals surface area contributed by atoms with E-state index in [9.17, 15) is 48.3 Å². The molecular weight excluding hydrogens is 977 g/mol. The van der Waals surface area contributed by atoms with Crippen molar-refractivity contribution in [3.05, 3.63) is 108 Å². The van der Waals surface area contributed by atoms with Crippen LogP contribution in [0.25, 0.3) is 0 Å². The normalized spacial score (nSPS) is 23.4. The Hall–Kier alpha value is -7.83. The first kappa shape index (κ1) is 57.1. The molecule has 24 heteroatoms. The van der Waals surface area contributed by atoms with Gasteiger partial charge in [-0.2, -0.15) is 0 Å². The largest absolute Gasteiger partial charge is 0.463 e. The topological polar surface area (TPSA) is 314 Å². The zero-order chi connectivity index (χ0) is 53.7. The Morgan fingerprint density at radius 3 is 1.53 bits per heavy atom. The first-order valence-electron chi connectivity index (χ1n) is 23.4. The third-order valence-corrected chi connectivity index (χ3v) is 11.1. The van der Waals surface area contributed by atoms with Crippen LogP contribution in [0.3, 0.4) is 0 Å². The number of nitrogens with one attached hydrogen (secondary N) is 4. The molecule has 24 nitrogen and oxygen atoms in total. The SMILES string of the molecule is CC(=O)OCC1O[C@H](O[C@@H]2C(NC(=O)OCc3ccccc3)C[C@@H](NC(=O)[C@H](CCNC(=O)OCc3ccccc3)OC(C)=O)C(OC(C)=O)[C@H]2O)C(NC(=O)OCc2ccccc2)[C@@H](OC(C)=O)[C@@H]1OC(C)=O. The molecule has 1 aliphatic carbocycles. The molecule has 0 aromatic heterocycles. The summed E-state index contributed by atoms with van der Waals surface area (Å²) in [5.74, 6) is -5.44. The van der Waals surface area contributed by atoms with Gasteiger partial charge >= 0.3 is 48.1 Å². The predicted molar refractivity (Wildman–Crippen MR) is 251 cm³/mol. The minimum Gasteiger partial charge on any atom is -0.463 e. The highest BCUT2D eigenvalue weighted by atomic mass is 16.7. The van der Waals surface area contributed by atoms with Gasteiger partial charge in [-0.3, -0.25) is 28.8 Å². The minimum atomic E-state index is -2.04. The lowest BCUT2D eigenvalue weighted by Crippen LogP contribution is -2.70. The molecule has 1 aliphatic heterocycles. The number of alkyl carbamates (subject to hydrolysis) is 3. The van der Waals surface area contributed by atoms with Crippen molar-refractivity contribution in [3.63, 3.8) is 0 Å². The molecule has 0 spiro atoms. The fourth-order valence-electron chi connectivity index (χ4n) is 7.95. The van der Waals surface area contributed by atoms with Crippen LogP contribution in [0, 0.1) is 0 Å². The molecule has 11 atom stereocenters. The molecule has 5 N–H and O–H groups in total. The Morgan fingerprint density at radius 1 is 0.554 bits per heavy atom. The second kappa shape index (κ2) is 28.4. The number of carbonyl (C=O) groups is 9. The number of ether oxygens (including phenoxy) is 10. The van der Waals surface area contributed by atoms with Crippen LogP contribution in [0.4, 0.5) is 14.4 Å². The van der Waals surface area contributed by atoms with E-state index in [1.54, 1.807) is 91.0 Å². The number of benzene rings is 3. The first-order chi connectivity index (χ1) is 35.4. The summed E-state index contributed by atoms with van der Waals surface area (Å²) in [6, 6.07) is 21.4. The molecule has 1 heterocycles. The number of hydrogen-bond acceptors (Lipinski definition) is 20. The lowest BCUT2D eigenvalue weighted by molar-refractivity contribution is -0.302. The second-order valence-corrected chi connectivity index (χ2v) is 16.9. The molecule has 74 heavy (non-hydrogen) atoms. The Morgan fingerprint density at radius 2 is 1.03 bits per heavy atom. The van der Waals surface area contributed by atoms with E-state index in [1.165, 1.54) is 0 Å². The summed E-state index contributed by atoms with van der Waals surface area (Å²) in [6.07, 6.45) is -17.5. The first-order valence-corrected chi connectivity index (χ1v) is 23.4. The van der Waals surface area contributed by atoms with Gasteiger partial charge in [0, 0.05) is 47.6 Å². The van der Waals surface area contributed by atoms with E-state index in [1.807, 2.05) is 0 Å². The summed E-state index contributed by atoms with van der Waals surface area (Å²) in [6.45, 7) is 3.80. The smallest absolute Gasteiger partial charge is 0.407 e. The zero-order valence-corrected chi connectivity index (χ0v) is 41.2. The van der Waals surface area contributed by atoms with E-state index in [0.717, 1.165) is 34.6 Å². The highest BCUT2D eigenvalue weighted by Gasteiger charge is 2.55. The number of rotatable bonds is 21. The third-order valence-electron chi connectivity index (χ3n) is 11.1. The monoisotopic (exact) mass is 1040 g/mol. The molecule has 4 unspecified atom stereocenters. The van der Waals surface area contributed by atoms with Crippen LogP contribution in [0.5, 0.6) is 0 Å². The minimum absolute atomic E-state index is 0.0520. The summed E-state index contributed by atoms with van der Waals surface area (Å²) < 4.78 is 56.3. The molecule has 2 fully saturated rings. The molecule has 2 aliphatic rings. The summed E-state index contributed by atoms with van der Waals surface area (Å²) in [5.41, 5.74) is 1.89. The molecule has 3 aromatic rings. The van der Waals surface area contributed by atoms with Gasteiger partial charge in [-0.15, -0.1) is 0 Å². The Labute approximate surface area is 425 Å². The van der Waals surface area contributed by atoms with Crippen molar-refractivity contribution in [1.82, 2.24) is 21.3 Å². The third kappa shape index (κ3) is 18.3. The van der Waals surface area contributed by atoms with Gasteiger partial charge in [0.15, 0.2) is 30.7 Å². The van der Waals surface area contributed by atoms with Crippen molar-refractivity contribution in [3.8, 4) is 0 Å². The van der Waals surface area contributed by atoms with Crippen molar-refractivity contribution in [2.75, 3.05) is 13.2 Å². The number of aliphatic hydroxyl groups is 1. The second-order valence-electron chi connectivity index (χ2n) is 16.9. The van der Waals surface area contributed by atoms with Crippen LogP contribution in [-0.4, -0.2) is 139 Å². The van der Waals surface area contributed by atoms with E-state index in [4.69, 9.17) is 47.4 Å². The zero-order valence-electron chi connectivity index (χ0n) is 41.2. The Balaban J connectivity index is 1.48. The fourth-order valence-corrected chi connectivity index (χ4v) is 7.95. The van der Waals surface area contributed by atoms with Crippen LogP contribution in [-0.2, 0) is 96.0 Å². The summed E-state index contributed by atoms with van der Waals surface area (Å²) in [5, 5.41) is 22.6. The number of carbonyl (C=O) groups excluding carboxylic acids is 9. The fraction of sp³-hybridized carbons (Fsp3) is 0.460. The van der Waals surface area contributed by atoms with Crippen molar-refractivity contribution < 1.29 is 95.6 Å². The molecule has 0 radical (unpaired) electrons. The molecule has 4 amide bonds. The number of aliphatic hydroxyl groups excluding tert-OH is 1. The van der Waals surface area contributed by atoms with Crippen LogP contribution < -0.4 is 21.3 Å². The molecule has 1 saturated heterocycles. The lowest BCUT2D eigenvalue weighted by atomic mass is 9.83. The Kier molecular flexibility index (Phi) is 21.9. The highest BCUT2D eigenvalue weighted by molar-refractivity contribution is 5.84. The molecule has 5 rings (SSSR count). The standard InChI is InChI=1S/C50H60N4O20/c1-28(55)65-27-39-44(71-31(4)58)45(72-32(5)59)40(54-50(64)68-26-35-19-13-8-14-20-35)47(73-39)74-43-37(53-49(63)67-25-34-17-11-7-12-18-34)23-36(42(41(43)60)70-30(3)57)52-46(61)38(69-29(2)56)21-22-51-48(62)66-24-33-15-9-6-10-16-33/h6-20,36-45,47,60H,21-27H2,1-5H3,(H,51,62)(H,52,61)(H,53,63)(H,54,64)/t36-,37?,38+,39?,40?,41-,42?,43-,44-,45-,47-/m1/s1. The van der Waals surface area contributed by atoms with E-state index in [2.05, 4.69) is 21.3 Å². The molecular formula is C50H60N4O20. The van der Waals surface area contributed by atoms with Gasteiger partial charge in [0.1, 0.15) is 50.8 Å². The van der Waals surface area contributed by atoms with Gasteiger partial charge in [-0.1, -0.05) is 91.0 Å². The molecule has 3 aromatic carbocycles. The summed E-state index contributed by atoms with van der Waals surface area (Å²) in [7, 11) is 0. The predicted octanol–water partition coefficient (Wildman–Crippen LogP) is 2.54. The maximum Gasteiger partial charge on any atom is 0.407 e. The van der Waals surface area contributed by atoms with Gasteiger partial charge in [-0.05, 0) is 23.1 Å². The van der Waals surface area contributed by atoms with E-state index in [-0.39, 0.29) is 32.8 Å². The quantitative estimate of drug-likeness (QED) is 0.0756. The van der Waals surface area contributed by atoms with Gasteiger partial charge in [0.05, 0.1) is 12.1 Å². The maximum atomic E-state index is 14.0. The van der Waals surface area contributed by atoms with Crippen molar-refractivity contribution in [2.45, 2.75) is 134 Å². The van der Waals surface area contributed by atoms with Crippen LogP contribution in [0.1, 0.15) is 64.2 Å².